The molecule has 1 unspecified atom stereocenters. The lowest BCUT2D eigenvalue weighted by atomic mass is 9.95. The van der Waals surface area contributed by atoms with E-state index in [2.05, 4.69) is 0 Å². The second kappa shape index (κ2) is 7.36. The number of ether oxygens (including phenoxy) is 2. The topological polar surface area (TPSA) is 55.8 Å². The van der Waals surface area contributed by atoms with Gasteiger partial charge >= 0.3 is 6.18 Å². The van der Waals surface area contributed by atoms with Crippen molar-refractivity contribution in [2.75, 3.05) is 13.2 Å². The molecule has 2 aromatic rings. The van der Waals surface area contributed by atoms with Gasteiger partial charge in [0.25, 0.3) is 0 Å². The van der Waals surface area contributed by atoms with Crippen molar-refractivity contribution in [1.82, 2.24) is 0 Å². The molecule has 144 valence electrons. The number of carbonyl (C=O) groups is 1. The van der Waals surface area contributed by atoms with Crippen LogP contribution in [0.2, 0.25) is 5.02 Å². The van der Waals surface area contributed by atoms with Crippen LogP contribution in [0, 0.1) is 5.82 Å². The molecule has 0 fully saturated rings. The van der Waals surface area contributed by atoms with E-state index in [9.17, 15) is 22.4 Å². The molecule has 0 amide bonds. The van der Waals surface area contributed by atoms with Crippen molar-refractivity contribution in [2.45, 2.75) is 18.7 Å². The third-order valence-corrected chi connectivity index (χ3v) is 4.37. The maximum atomic E-state index is 13.7. The highest BCUT2D eigenvalue weighted by molar-refractivity contribution is 6.33. The summed E-state index contributed by atoms with van der Waals surface area (Å²) in [6.45, 7) is -0.666. The lowest BCUT2D eigenvalue weighted by molar-refractivity contribution is -0.137. The predicted molar refractivity (Wildman–Crippen MR) is 87.8 cm³/mol. The van der Waals surface area contributed by atoms with Crippen LogP contribution in [0.25, 0.3) is 0 Å². The Balaban J connectivity index is 2.03. The predicted octanol–water partition coefficient (Wildman–Crippen LogP) is 4.58. The van der Waals surface area contributed by atoms with Crippen molar-refractivity contribution in [1.29, 1.82) is 0 Å². The van der Waals surface area contributed by atoms with Crippen molar-refractivity contribution >= 4 is 17.4 Å². The monoisotopic (exact) mass is 404 g/mol. The van der Waals surface area contributed by atoms with Crippen LogP contribution in [0.5, 0.6) is 11.5 Å². The lowest BCUT2D eigenvalue weighted by Gasteiger charge is -2.28. The molecule has 27 heavy (non-hydrogen) atoms. The third kappa shape index (κ3) is 3.86. The number of benzene rings is 2. The summed E-state index contributed by atoms with van der Waals surface area (Å²) in [7, 11) is 0. The molecule has 0 bridgehead atoms. The van der Waals surface area contributed by atoms with Crippen LogP contribution in [0.4, 0.5) is 17.6 Å². The van der Waals surface area contributed by atoms with Gasteiger partial charge in [0.05, 0.1) is 24.2 Å². The molecular formula is C18H13ClF4O4. The Labute approximate surface area is 156 Å². The minimum atomic E-state index is -4.60. The van der Waals surface area contributed by atoms with Gasteiger partial charge in [-0.1, -0.05) is 17.7 Å². The van der Waals surface area contributed by atoms with Crippen molar-refractivity contribution in [2.24, 2.45) is 0 Å². The molecule has 1 aliphatic heterocycles. The molecule has 3 rings (SSSR count). The maximum absolute atomic E-state index is 13.7. The molecule has 0 saturated heterocycles. The first-order chi connectivity index (χ1) is 12.7. The first kappa shape index (κ1) is 19.4. The molecule has 1 aliphatic rings. The molecule has 2 aromatic carbocycles. The van der Waals surface area contributed by atoms with Gasteiger partial charge in [-0.15, -0.1) is 0 Å². The van der Waals surface area contributed by atoms with Gasteiger partial charge in [-0.3, -0.25) is 4.79 Å². The number of fused-ring (bicyclic) bond motifs is 1. The zero-order chi connectivity index (χ0) is 19.8. The average molecular weight is 405 g/mol. The van der Waals surface area contributed by atoms with Crippen molar-refractivity contribution in [3.05, 3.63) is 57.9 Å². The van der Waals surface area contributed by atoms with Gasteiger partial charge in [0.1, 0.15) is 29.3 Å². The highest BCUT2D eigenvalue weighted by Crippen LogP contribution is 2.43. The van der Waals surface area contributed by atoms with E-state index >= 15 is 0 Å². The van der Waals surface area contributed by atoms with Gasteiger partial charge in [-0.25, -0.2) is 4.39 Å². The Morgan fingerprint density at radius 2 is 2.00 bits per heavy atom. The molecule has 0 saturated carbocycles. The quantitative estimate of drug-likeness (QED) is 0.758. The third-order valence-electron chi connectivity index (χ3n) is 4.02. The largest absolute Gasteiger partial charge is 0.491 e. The second-order valence-electron chi connectivity index (χ2n) is 5.79. The highest BCUT2D eigenvalue weighted by atomic mass is 35.5. The second-order valence-corrected chi connectivity index (χ2v) is 6.17. The summed E-state index contributed by atoms with van der Waals surface area (Å²) in [5.74, 6) is -1.53. The van der Waals surface area contributed by atoms with Crippen LogP contribution < -0.4 is 9.47 Å². The van der Waals surface area contributed by atoms with E-state index in [1.165, 1.54) is 6.07 Å². The number of hydrogen-bond acceptors (Lipinski definition) is 4. The normalized spacial score (nSPS) is 16.7. The first-order valence-corrected chi connectivity index (χ1v) is 8.23. The Bertz CT molecular complexity index is 882. The lowest BCUT2D eigenvalue weighted by Crippen LogP contribution is -2.22. The minimum Gasteiger partial charge on any atom is -0.491 e. The summed E-state index contributed by atoms with van der Waals surface area (Å²) in [6, 6.07) is 5.01. The zero-order valence-corrected chi connectivity index (χ0v) is 14.4. The Hall–Kier alpha value is -2.32. The van der Waals surface area contributed by atoms with E-state index in [0.717, 1.165) is 24.3 Å². The van der Waals surface area contributed by atoms with E-state index in [-0.39, 0.29) is 40.7 Å². The summed E-state index contributed by atoms with van der Waals surface area (Å²) >= 11 is 5.87. The molecule has 9 heteroatoms. The number of alkyl halides is 3. The molecule has 0 aromatic heterocycles. The van der Waals surface area contributed by atoms with Crippen LogP contribution in [0.15, 0.2) is 30.3 Å². The van der Waals surface area contributed by atoms with Crippen LogP contribution in [-0.2, 0) is 6.18 Å². The van der Waals surface area contributed by atoms with Gasteiger partial charge in [-0.2, -0.15) is 13.2 Å². The van der Waals surface area contributed by atoms with Gasteiger partial charge in [0, 0.05) is 5.56 Å². The summed E-state index contributed by atoms with van der Waals surface area (Å²) in [6.07, 6.45) is -5.80. The van der Waals surface area contributed by atoms with E-state index < -0.39 is 36.1 Å². The van der Waals surface area contributed by atoms with Gasteiger partial charge in [0.2, 0.25) is 0 Å². The number of aliphatic hydroxyl groups is 1. The number of ketones is 1. The number of rotatable bonds is 4. The highest BCUT2D eigenvalue weighted by Gasteiger charge is 2.35. The Morgan fingerprint density at radius 3 is 2.67 bits per heavy atom. The van der Waals surface area contributed by atoms with Gasteiger partial charge in [0.15, 0.2) is 11.5 Å². The van der Waals surface area contributed by atoms with Crippen molar-refractivity contribution in [3.63, 3.8) is 0 Å². The summed E-state index contributed by atoms with van der Waals surface area (Å²) in [5.41, 5.74) is -0.691. The molecule has 1 atom stereocenters. The fraction of sp³-hybridized carbons (Fsp3) is 0.278. The Morgan fingerprint density at radius 1 is 1.26 bits per heavy atom. The molecule has 1 heterocycles. The molecular weight excluding hydrogens is 392 g/mol. The fourth-order valence-electron chi connectivity index (χ4n) is 2.76. The van der Waals surface area contributed by atoms with Gasteiger partial charge < -0.3 is 14.6 Å². The first-order valence-electron chi connectivity index (χ1n) is 7.85. The number of Topliss-reactive ketones (excluding diaryl/α,β-unsaturated/α-hetero) is 1. The van der Waals surface area contributed by atoms with E-state index in [1.54, 1.807) is 0 Å². The molecule has 0 aliphatic carbocycles. The number of hydrogen-bond donors (Lipinski definition) is 1. The number of halogens is 5. The maximum Gasteiger partial charge on any atom is 0.416 e. The zero-order valence-electron chi connectivity index (χ0n) is 13.6. The minimum absolute atomic E-state index is 0.0994. The summed E-state index contributed by atoms with van der Waals surface area (Å²) in [4.78, 5) is 12.4. The summed E-state index contributed by atoms with van der Waals surface area (Å²) < 4.78 is 63.4. The molecule has 4 nitrogen and oxygen atoms in total. The van der Waals surface area contributed by atoms with Crippen molar-refractivity contribution in [3.8, 4) is 11.5 Å². The number of carbonyl (C=O) groups excluding carboxylic acids is 1. The summed E-state index contributed by atoms with van der Waals surface area (Å²) in [5, 5.41) is 8.53. The molecule has 0 spiro atoms. The van der Waals surface area contributed by atoms with E-state index in [0.29, 0.717) is 0 Å². The van der Waals surface area contributed by atoms with E-state index in [4.69, 9.17) is 26.2 Å². The number of aliphatic hydroxyl groups excluding tert-OH is 1. The van der Waals surface area contributed by atoms with Crippen LogP contribution in [0.1, 0.15) is 34.0 Å². The Kier molecular flexibility index (Phi) is 5.30. The SMILES string of the molecule is O=C1CC(c2ccc(C(F)(F)F)cc2OCCO)Oc2c1ccc(F)c2Cl. The molecule has 1 N–H and O–H groups in total. The fourth-order valence-corrected chi connectivity index (χ4v) is 2.97. The smallest absolute Gasteiger partial charge is 0.416 e. The van der Waals surface area contributed by atoms with E-state index in [1.807, 2.05) is 0 Å². The standard InChI is InChI=1S/C18H13ClF4O4/c19-16-12(20)4-3-10-13(25)8-15(27-17(10)16)11-2-1-9(18(21,22)23)7-14(11)26-6-5-24/h1-4,7,15,24H,5-6,8H2. The average Bonchev–Trinajstić information content (AvgIpc) is 2.62. The van der Waals surface area contributed by atoms with Crippen LogP contribution >= 0.6 is 11.6 Å². The molecule has 0 radical (unpaired) electrons. The van der Waals surface area contributed by atoms with Crippen LogP contribution in [0.3, 0.4) is 0 Å². The van der Waals surface area contributed by atoms with Crippen LogP contribution in [-0.4, -0.2) is 24.1 Å². The van der Waals surface area contributed by atoms with Gasteiger partial charge in [-0.05, 0) is 24.3 Å². The van der Waals surface area contributed by atoms with Crippen molar-refractivity contribution < 1.29 is 36.9 Å².